The zero-order valence-electron chi connectivity index (χ0n) is 15.1. The first-order valence-electron chi connectivity index (χ1n) is 8.78. The lowest BCUT2D eigenvalue weighted by Crippen LogP contribution is -2.70. The van der Waals surface area contributed by atoms with Crippen LogP contribution in [0.5, 0.6) is 0 Å². The van der Waals surface area contributed by atoms with Gasteiger partial charge in [-0.05, 0) is 19.3 Å². The Kier molecular flexibility index (Phi) is 7.67. The minimum Gasteiger partial charge on any atom is -0.370 e. The van der Waals surface area contributed by atoms with Gasteiger partial charge in [-0.25, -0.2) is 4.98 Å². The molecular formula is C16H26N7O3S+. The Bertz CT molecular complexity index is 688. The van der Waals surface area contributed by atoms with Crippen molar-refractivity contribution in [2.45, 2.75) is 37.8 Å². The van der Waals surface area contributed by atoms with Gasteiger partial charge < -0.3 is 27.4 Å². The van der Waals surface area contributed by atoms with Crippen LogP contribution in [-0.4, -0.2) is 65.2 Å². The smallest absolute Gasteiger partial charge is 0.281 e. The number of carbonyl (C=O) groups excluding carboxylic acids is 3. The minimum atomic E-state index is -0.742. The molecule has 2 rings (SSSR count). The highest BCUT2D eigenvalue weighted by atomic mass is 32.1. The minimum absolute atomic E-state index is 0.0202. The number of nitrogens with two attached hydrogens (primary N) is 2. The van der Waals surface area contributed by atoms with Gasteiger partial charge in [0.25, 0.3) is 5.91 Å². The van der Waals surface area contributed by atoms with E-state index in [2.05, 4.69) is 21.0 Å². The van der Waals surface area contributed by atoms with E-state index in [9.17, 15) is 14.4 Å². The molecule has 2 atom stereocenters. The zero-order valence-corrected chi connectivity index (χ0v) is 15.9. The highest BCUT2D eigenvalue weighted by Gasteiger charge is 2.31. The number of nitrogens with one attached hydrogen (secondary N) is 1. The summed E-state index contributed by atoms with van der Waals surface area (Å²) in [5.41, 5.74) is 14.4. The van der Waals surface area contributed by atoms with Crippen molar-refractivity contribution in [3.8, 4) is 0 Å². The van der Waals surface area contributed by atoms with Crippen LogP contribution in [-0.2, 0) is 9.59 Å². The molecule has 1 saturated heterocycles. The summed E-state index contributed by atoms with van der Waals surface area (Å²) in [5.74, 6) is -0.794. The molecule has 1 aliphatic rings. The monoisotopic (exact) mass is 396 g/mol. The summed E-state index contributed by atoms with van der Waals surface area (Å²) in [6.07, 6.45) is 3.97. The summed E-state index contributed by atoms with van der Waals surface area (Å²) >= 11 is 1.21. The molecule has 27 heavy (non-hydrogen) atoms. The van der Waals surface area contributed by atoms with Gasteiger partial charge in [0.2, 0.25) is 11.7 Å². The fourth-order valence-electron chi connectivity index (χ4n) is 2.86. The molecule has 10 nitrogen and oxygen atoms in total. The van der Waals surface area contributed by atoms with Gasteiger partial charge in [0.15, 0.2) is 17.0 Å². The molecule has 148 valence electrons. The first kappa shape index (κ1) is 20.8. The number of nitrogens with zero attached hydrogens (tertiary/aromatic N) is 3. The van der Waals surface area contributed by atoms with Crippen molar-refractivity contribution in [3.05, 3.63) is 16.6 Å². The van der Waals surface area contributed by atoms with E-state index >= 15 is 0 Å². The van der Waals surface area contributed by atoms with Crippen molar-refractivity contribution in [1.82, 2.24) is 15.2 Å². The maximum atomic E-state index is 12.6. The van der Waals surface area contributed by atoms with Gasteiger partial charge >= 0.3 is 0 Å². The number of hydrogen-bond acceptors (Lipinski definition) is 6. The van der Waals surface area contributed by atoms with Gasteiger partial charge in [-0.15, -0.1) is 11.3 Å². The SMILES string of the molecule is NC(N)=NCCC[C@H](NC(=O)CN1CCCC([NH3+])C1=O)C(=O)c1nccs1. The Morgan fingerprint density at radius 3 is 2.93 bits per heavy atom. The number of guanidine groups is 1. The van der Waals surface area contributed by atoms with Crippen molar-refractivity contribution >= 4 is 34.9 Å². The lowest BCUT2D eigenvalue weighted by Gasteiger charge is -2.28. The number of amides is 2. The van der Waals surface area contributed by atoms with E-state index in [4.69, 9.17) is 11.5 Å². The normalized spacial score (nSPS) is 18.0. The van der Waals surface area contributed by atoms with E-state index in [1.807, 2.05) is 0 Å². The number of aromatic nitrogens is 1. The third-order valence-corrected chi connectivity index (χ3v) is 5.00. The quantitative estimate of drug-likeness (QED) is 0.164. The summed E-state index contributed by atoms with van der Waals surface area (Å²) in [6.45, 7) is 0.794. The van der Waals surface area contributed by atoms with Crippen molar-refractivity contribution in [2.75, 3.05) is 19.6 Å². The Morgan fingerprint density at radius 2 is 2.26 bits per heavy atom. The molecule has 1 fully saturated rings. The number of thiazole rings is 1. The van der Waals surface area contributed by atoms with E-state index in [0.717, 1.165) is 12.8 Å². The lowest BCUT2D eigenvalue weighted by molar-refractivity contribution is -0.409. The number of hydrogen-bond donors (Lipinski definition) is 4. The fourth-order valence-corrected chi connectivity index (χ4v) is 3.49. The molecule has 1 aliphatic heterocycles. The van der Waals surface area contributed by atoms with E-state index in [0.29, 0.717) is 30.9 Å². The van der Waals surface area contributed by atoms with Crippen LogP contribution in [0, 0.1) is 0 Å². The van der Waals surface area contributed by atoms with Gasteiger partial charge in [0, 0.05) is 31.1 Å². The molecule has 0 bridgehead atoms. The number of rotatable bonds is 9. The predicted molar refractivity (Wildman–Crippen MR) is 101 cm³/mol. The number of likely N-dealkylation sites (tertiary alicyclic amines) is 1. The number of piperidine rings is 1. The third kappa shape index (κ3) is 6.29. The van der Waals surface area contributed by atoms with E-state index in [1.54, 1.807) is 5.38 Å². The molecule has 1 aromatic heterocycles. The van der Waals surface area contributed by atoms with Gasteiger partial charge in [-0.3, -0.25) is 19.4 Å². The van der Waals surface area contributed by atoms with Crippen LogP contribution in [0.4, 0.5) is 0 Å². The van der Waals surface area contributed by atoms with E-state index in [1.165, 1.54) is 22.4 Å². The Labute approximate surface area is 161 Å². The average Bonchev–Trinajstić information content (AvgIpc) is 3.15. The highest BCUT2D eigenvalue weighted by Crippen LogP contribution is 2.12. The van der Waals surface area contributed by atoms with Crippen LogP contribution in [0.25, 0.3) is 0 Å². The molecule has 0 aliphatic carbocycles. The first-order chi connectivity index (χ1) is 12.9. The molecule has 1 unspecified atom stereocenters. The molecule has 1 aromatic rings. The second-order valence-corrected chi connectivity index (χ2v) is 7.26. The molecule has 11 heteroatoms. The zero-order chi connectivity index (χ0) is 19.8. The number of Topliss-reactive ketones (excluding diaryl/α,β-unsaturated/α-hetero) is 1. The molecule has 0 aromatic carbocycles. The maximum Gasteiger partial charge on any atom is 0.281 e. The summed E-state index contributed by atoms with van der Waals surface area (Å²) in [7, 11) is 0. The second-order valence-electron chi connectivity index (χ2n) is 6.37. The van der Waals surface area contributed by atoms with Gasteiger partial charge in [0.1, 0.15) is 0 Å². The number of quaternary nitrogens is 1. The van der Waals surface area contributed by atoms with Crippen LogP contribution in [0.3, 0.4) is 0 Å². The van der Waals surface area contributed by atoms with Crippen molar-refractivity contribution in [1.29, 1.82) is 0 Å². The first-order valence-corrected chi connectivity index (χ1v) is 9.66. The summed E-state index contributed by atoms with van der Waals surface area (Å²) in [6, 6.07) is -1.06. The Balaban J connectivity index is 1.97. The van der Waals surface area contributed by atoms with Crippen molar-refractivity contribution in [3.63, 3.8) is 0 Å². The van der Waals surface area contributed by atoms with Crippen LogP contribution in [0.1, 0.15) is 35.5 Å². The summed E-state index contributed by atoms with van der Waals surface area (Å²) < 4.78 is 0. The molecule has 0 saturated carbocycles. The van der Waals surface area contributed by atoms with Crippen LogP contribution in [0.15, 0.2) is 16.6 Å². The van der Waals surface area contributed by atoms with Gasteiger partial charge in [-0.1, -0.05) is 0 Å². The molecule has 2 amide bonds. The van der Waals surface area contributed by atoms with Crippen LogP contribution >= 0.6 is 11.3 Å². The fraction of sp³-hybridized carbons (Fsp3) is 0.562. The summed E-state index contributed by atoms with van der Waals surface area (Å²) in [5, 5.41) is 4.76. The number of carbonyl (C=O) groups is 3. The molecule has 0 spiro atoms. The molecule has 8 N–H and O–H groups in total. The summed E-state index contributed by atoms with van der Waals surface area (Å²) in [4.78, 5) is 46.6. The van der Waals surface area contributed by atoms with Gasteiger partial charge in [-0.2, -0.15) is 0 Å². The molecular weight excluding hydrogens is 370 g/mol. The van der Waals surface area contributed by atoms with Crippen LogP contribution in [0.2, 0.25) is 0 Å². The standard InChI is InChI=1S/C16H25N7O3S/c17-10-3-2-7-23(15(10)26)9-12(24)22-11(4-1-5-21-16(18)19)13(25)14-20-6-8-27-14/h6,8,10-11H,1-5,7,9,17H2,(H,22,24)(H4,18,19,21)/p+1/t10?,11-/m0/s1. The van der Waals surface area contributed by atoms with Gasteiger partial charge in [0.05, 0.1) is 12.6 Å². The Morgan fingerprint density at radius 1 is 1.48 bits per heavy atom. The number of aliphatic imine (C=N–C) groups is 1. The molecule has 2 heterocycles. The number of ketones is 1. The third-order valence-electron chi connectivity index (χ3n) is 4.22. The predicted octanol–water partition coefficient (Wildman–Crippen LogP) is -1.90. The lowest BCUT2D eigenvalue weighted by atomic mass is 10.1. The highest BCUT2D eigenvalue weighted by molar-refractivity contribution is 7.11. The van der Waals surface area contributed by atoms with Crippen molar-refractivity contribution in [2.24, 2.45) is 16.5 Å². The van der Waals surface area contributed by atoms with Crippen molar-refractivity contribution < 1.29 is 20.1 Å². The molecule has 0 radical (unpaired) electrons. The topological polar surface area (TPSA) is 171 Å². The maximum absolute atomic E-state index is 12.6. The van der Waals surface area contributed by atoms with E-state index in [-0.39, 0.29) is 36.1 Å². The van der Waals surface area contributed by atoms with Crippen LogP contribution < -0.4 is 22.5 Å². The largest absolute Gasteiger partial charge is 0.370 e. The van der Waals surface area contributed by atoms with E-state index < -0.39 is 6.04 Å². The second kappa shape index (κ2) is 9.97. The Hall–Kier alpha value is -2.53. The average molecular weight is 396 g/mol.